The van der Waals surface area contributed by atoms with Gasteiger partial charge in [0.2, 0.25) is 0 Å². The number of nitriles is 1. The number of hydrogen-bond donors (Lipinski definition) is 3. The molecule has 0 aliphatic rings. The number of nitrogens with one attached hydrogen (secondary N) is 1. The third kappa shape index (κ3) is 3.52. The average molecular weight is 378 g/mol. The monoisotopic (exact) mass is 378 g/mol. The minimum Gasteiger partial charge on any atom is -0.506 e. The number of carboxylic acid groups (broad SMARTS) is 1. The Kier molecular flexibility index (Phi) is 5.04. The maximum atomic E-state index is 12.9. The predicted octanol–water partition coefficient (Wildman–Crippen LogP) is 0.836. The van der Waals surface area contributed by atoms with Crippen LogP contribution in [-0.4, -0.2) is 38.2 Å². The van der Waals surface area contributed by atoms with Crippen molar-refractivity contribution in [2.75, 3.05) is 6.54 Å². The van der Waals surface area contributed by atoms with E-state index in [-0.39, 0.29) is 17.6 Å². The first-order valence-corrected chi connectivity index (χ1v) is 8.12. The summed E-state index contributed by atoms with van der Waals surface area (Å²) in [5.41, 5.74) is -0.0651. The number of aromatic nitrogens is 2. The minimum atomic E-state index is -1.28. The Morgan fingerprint density at radius 1 is 1.21 bits per heavy atom. The van der Waals surface area contributed by atoms with E-state index in [2.05, 4.69) is 10.3 Å². The van der Waals surface area contributed by atoms with Crippen molar-refractivity contribution in [2.45, 2.75) is 6.54 Å². The number of amides is 1. The summed E-state index contributed by atoms with van der Waals surface area (Å²) in [6.45, 7) is -0.657. The van der Waals surface area contributed by atoms with Crippen LogP contribution in [0.5, 0.6) is 5.75 Å². The number of aliphatic carboxylic acids is 1. The SMILES string of the molecule is N#Cc1ccc(Cn2c(=O)c(C(=O)NCC(=O)O)c(O)c3cccnc32)cc1. The molecule has 3 rings (SSSR count). The topological polar surface area (TPSA) is 145 Å². The Labute approximate surface area is 158 Å². The maximum absolute atomic E-state index is 12.9. The van der Waals surface area contributed by atoms with Gasteiger partial charge in [0.1, 0.15) is 23.5 Å². The summed E-state index contributed by atoms with van der Waals surface area (Å²) in [5, 5.41) is 30.3. The maximum Gasteiger partial charge on any atom is 0.322 e. The van der Waals surface area contributed by atoms with Crippen LogP contribution in [0.2, 0.25) is 0 Å². The van der Waals surface area contributed by atoms with E-state index in [4.69, 9.17) is 10.4 Å². The highest BCUT2D eigenvalue weighted by Crippen LogP contribution is 2.25. The lowest BCUT2D eigenvalue weighted by atomic mass is 10.1. The molecule has 0 radical (unpaired) electrons. The van der Waals surface area contributed by atoms with Crippen LogP contribution in [0.4, 0.5) is 0 Å². The second-order valence-corrected chi connectivity index (χ2v) is 5.87. The molecular weight excluding hydrogens is 364 g/mol. The summed E-state index contributed by atoms with van der Waals surface area (Å²) in [7, 11) is 0. The van der Waals surface area contributed by atoms with E-state index in [1.54, 1.807) is 24.3 Å². The van der Waals surface area contributed by atoms with Gasteiger partial charge in [-0.3, -0.25) is 19.0 Å². The number of nitrogens with zero attached hydrogens (tertiary/aromatic N) is 3. The molecule has 0 bridgehead atoms. The highest BCUT2D eigenvalue weighted by molar-refractivity contribution is 6.02. The summed E-state index contributed by atoms with van der Waals surface area (Å²) >= 11 is 0. The zero-order chi connectivity index (χ0) is 20.3. The van der Waals surface area contributed by atoms with E-state index < -0.39 is 35.3 Å². The Morgan fingerprint density at radius 3 is 2.57 bits per heavy atom. The Morgan fingerprint density at radius 2 is 1.93 bits per heavy atom. The summed E-state index contributed by atoms with van der Waals surface area (Å²) in [6, 6.07) is 11.6. The van der Waals surface area contributed by atoms with Gasteiger partial charge in [-0.2, -0.15) is 5.26 Å². The minimum absolute atomic E-state index is 0.0392. The third-order valence-electron chi connectivity index (χ3n) is 4.04. The lowest BCUT2D eigenvalue weighted by molar-refractivity contribution is -0.135. The summed E-state index contributed by atoms with van der Waals surface area (Å²) in [6.07, 6.45) is 1.45. The molecule has 1 amide bonds. The molecule has 3 aromatic rings. The van der Waals surface area contributed by atoms with Gasteiger partial charge < -0.3 is 15.5 Å². The van der Waals surface area contributed by atoms with Gasteiger partial charge in [0.05, 0.1) is 23.6 Å². The van der Waals surface area contributed by atoms with Gasteiger partial charge >= 0.3 is 5.97 Å². The molecule has 0 fully saturated rings. The largest absolute Gasteiger partial charge is 0.506 e. The standard InChI is InChI=1S/C19H14N4O5/c20-8-11-3-5-12(6-4-11)10-23-17-13(2-1-7-21-17)16(26)15(19(23)28)18(27)22-9-14(24)25/h1-7,26H,9-10H2,(H,22,27)(H,24,25). The lowest BCUT2D eigenvalue weighted by Gasteiger charge is -2.14. The van der Waals surface area contributed by atoms with Gasteiger partial charge in [-0.25, -0.2) is 4.98 Å². The van der Waals surface area contributed by atoms with Gasteiger partial charge in [0.25, 0.3) is 11.5 Å². The Hall–Kier alpha value is -4.19. The van der Waals surface area contributed by atoms with Crippen LogP contribution in [0, 0.1) is 11.3 Å². The molecule has 0 spiro atoms. The van der Waals surface area contributed by atoms with Crippen LogP contribution in [0.15, 0.2) is 47.4 Å². The molecule has 28 heavy (non-hydrogen) atoms. The van der Waals surface area contributed by atoms with Gasteiger partial charge in [-0.05, 0) is 29.8 Å². The predicted molar refractivity (Wildman–Crippen MR) is 97.9 cm³/mol. The number of carboxylic acids is 1. The molecule has 9 nitrogen and oxygen atoms in total. The van der Waals surface area contributed by atoms with Crippen LogP contribution >= 0.6 is 0 Å². The van der Waals surface area contributed by atoms with Crippen molar-refractivity contribution >= 4 is 22.9 Å². The van der Waals surface area contributed by atoms with Gasteiger partial charge in [-0.15, -0.1) is 0 Å². The van der Waals surface area contributed by atoms with E-state index in [9.17, 15) is 19.5 Å². The van der Waals surface area contributed by atoms with Crippen molar-refractivity contribution in [3.8, 4) is 11.8 Å². The Bertz CT molecular complexity index is 1180. The van der Waals surface area contributed by atoms with Crippen LogP contribution < -0.4 is 10.9 Å². The van der Waals surface area contributed by atoms with Crippen molar-refractivity contribution in [3.05, 3.63) is 69.6 Å². The van der Waals surface area contributed by atoms with Crippen LogP contribution in [-0.2, 0) is 11.3 Å². The highest BCUT2D eigenvalue weighted by atomic mass is 16.4. The number of aromatic hydroxyl groups is 1. The molecule has 0 saturated carbocycles. The van der Waals surface area contributed by atoms with Crippen molar-refractivity contribution in [1.29, 1.82) is 5.26 Å². The average Bonchev–Trinajstić information content (AvgIpc) is 2.70. The number of pyridine rings is 2. The molecule has 9 heteroatoms. The normalized spacial score (nSPS) is 10.4. The first-order chi connectivity index (χ1) is 13.4. The fourth-order valence-electron chi connectivity index (χ4n) is 2.73. The van der Waals surface area contributed by atoms with Crippen LogP contribution in [0.1, 0.15) is 21.5 Å². The molecule has 0 atom stereocenters. The first kappa shape index (κ1) is 18.6. The number of fused-ring (bicyclic) bond motifs is 1. The van der Waals surface area contributed by atoms with Crippen molar-refractivity contribution in [1.82, 2.24) is 14.9 Å². The van der Waals surface area contributed by atoms with E-state index in [1.165, 1.54) is 22.9 Å². The summed E-state index contributed by atoms with van der Waals surface area (Å²) in [4.78, 5) is 40.1. The quantitative estimate of drug-likeness (QED) is 0.596. The molecule has 2 heterocycles. The molecule has 3 N–H and O–H groups in total. The third-order valence-corrected chi connectivity index (χ3v) is 4.04. The molecule has 0 aliphatic carbocycles. The fraction of sp³-hybridized carbons (Fsp3) is 0.105. The zero-order valence-electron chi connectivity index (χ0n) is 14.4. The molecule has 0 saturated heterocycles. The summed E-state index contributed by atoms with van der Waals surface area (Å²) < 4.78 is 1.21. The van der Waals surface area contributed by atoms with E-state index in [1.807, 2.05) is 6.07 Å². The van der Waals surface area contributed by atoms with E-state index >= 15 is 0 Å². The number of carbonyl (C=O) groups is 2. The van der Waals surface area contributed by atoms with E-state index in [0.717, 1.165) is 0 Å². The molecule has 0 aliphatic heterocycles. The number of benzene rings is 1. The van der Waals surface area contributed by atoms with Crippen molar-refractivity contribution < 1.29 is 19.8 Å². The highest BCUT2D eigenvalue weighted by Gasteiger charge is 2.23. The van der Waals surface area contributed by atoms with Gasteiger partial charge in [-0.1, -0.05) is 12.1 Å². The van der Waals surface area contributed by atoms with E-state index in [0.29, 0.717) is 11.1 Å². The molecule has 1 aromatic carbocycles. The first-order valence-electron chi connectivity index (χ1n) is 8.12. The molecule has 140 valence electrons. The zero-order valence-corrected chi connectivity index (χ0v) is 14.4. The van der Waals surface area contributed by atoms with Crippen LogP contribution in [0.25, 0.3) is 11.0 Å². The van der Waals surface area contributed by atoms with Crippen molar-refractivity contribution in [2.24, 2.45) is 0 Å². The second kappa shape index (κ2) is 7.59. The number of carbonyl (C=O) groups excluding carboxylic acids is 1. The van der Waals surface area contributed by atoms with Gasteiger partial charge in [0.15, 0.2) is 0 Å². The molecule has 2 aromatic heterocycles. The second-order valence-electron chi connectivity index (χ2n) is 5.87. The molecule has 0 unspecified atom stereocenters. The smallest absolute Gasteiger partial charge is 0.322 e. The fourth-order valence-corrected chi connectivity index (χ4v) is 2.73. The Balaban J connectivity index is 2.15. The number of rotatable bonds is 5. The number of hydrogen-bond acceptors (Lipinski definition) is 6. The van der Waals surface area contributed by atoms with Crippen molar-refractivity contribution in [3.63, 3.8) is 0 Å². The molecular formula is C19H14N4O5. The lowest BCUT2D eigenvalue weighted by Crippen LogP contribution is -2.36. The van der Waals surface area contributed by atoms with Crippen LogP contribution in [0.3, 0.4) is 0 Å². The summed E-state index contributed by atoms with van der Waals surface area (Å²) in [5.74, 6) is -2.84. The van der Waals surface area contributed by atoms with Gasteiger partial charge in [0, 0.05) is 6.20 Å².